The fourth-order valence-electron chi connectivity index (χ4n) is 2.10. The highest BCUT2D eigenvalue weighted by atomic mass is 79.9. The molecule has 3 heteroatoms. The molecule has 94 valence electrons. The average molecular weight is 313 g/mol. The molecule has 3 aromatic rings. The van der Waals surface area contributed by atoms with Gasteiger partial charge in [0.05, 0.1) is 0 Å². The second-order valence-corrected chi connectivity index (χ2v) is 5.20. The maximum absolute atomic E-state index is 4.48. The van der Waals surface area contributed by atoms with Crippen molar-refractivity contribution in [2.24, 2.45) is 0 Å². The fourth-order valence-corrected chi connectivity index (χ4v) is 2.57. The first kappa shape index (κ1) is 12.2. The molecule has 0 radical (unpaired) electrons. The maximum atomic E-state index is 4.48. The van der Waals surface area contributed by atoms with Gasteiger partial charge in [-0.25, -0.2) is 4.98 Å². The molecule has 1 heterocycles. The molecule has 3 rings (SSSR count). The SMILES string of the molecule is Brc1ccccc1-c1nccn1Cc1ccccc1. The number of aromatic nitrogens is 2. The van der Waals surface area contributed by atoms with Gasteiger partial charge in [-0.3, -0.25) is 0 Å². The summed E-state index contributed by atoms with van der Waals surface area (Å²) < 4.78 is 3.23. The van der Waals surface area contributed by atoms with Gasteiger partial charge in [-0.05, 0) is 11.6 Å². The first-order valence-corrected chi connectivity index (χ1v) is 6.94. The molecule has 1 aromatic heterocycles. The Morgan fingerprint density at radius 1 is 0.947 bits per heavy atom. The smallest absolute Gasteiger partial charge is 0.141 e. The molecular formula is C16H13BrN2. The van der Waals surface area contributed by atoms with Gasteiger partial charge in [-0.1, -0.05) is 64.5 Å². The summed E-state index contributed by atoms with van der Waals surface area (Å²) in [6.45, 7) is 0.831. The minimum atomic E-state index is 0.831. The molecule has 0 atom stereocenters. The van der Waals surface area contributed by atoms with Crippen molar-refractivity contribution < 1.29 is 0 Å². The molecule has 0 saturated heterocycles. The Bertz CT molecular complexity index is 674. The summed E-state index contributed by atoms with van der Waals surface area (Å²) in [5.41, 5.74) is 2.39. The number of halogens is 1. The van der Waals surface area contributed by atoms with Gasteiger partial charge in [0, 0.05) is 29.0 Å². The number of imidazole rings is 1. The van der Waals surface area contributed by atoms with E-state index in [9.17, 15) is 0 Å². The van der Waals surface area contributed by atoms with Crippen LogP contribution >= 0.6 is 15.9 Å². The van der Waals surface area contributed by atoms with Crippen molar-refractivity contribution in [3.63, 3.8) is 0 Å². The quantitative estimate of drug-likeness (QED) is 0.702. The van der Waals surface area contributed by atoms with Crippen LogP contribution in [0.2, 0.25) is 0 Å². The molecule has 0 unspecified atom stereocenters. The van der Waals surface area contributed by atoms with E-state index >= 15 is 0 Å². The molecule has 2 aromatic carbocycles. The van der Waals surface area contributed by atoms with E-state index < -0.39 is 0 Å². The Hall–Kier alpha value is -1.87. The van der Waals surface area contributed by atoms with Gasteiger partial charge in [0.25, 0.3) is 0 Å². The predicted molar refractivity (Wildman–Crippen MR) is 80.9 cm³/mol. The van der Waals surface area contributed by atoms with Gasteiger partial charge >= 0.3 is 0 Å². The molecule has 0 spiro atoms. The van der Waals surface area contributed by atoms with Gasteiger partial charge in [-0.15, -0.1) is 0 Å². The van der Waals surface area contributed by atoms with E-state index in [0.717, 1.165) is 22.4 Å². The highest BCUT2D eigenvalue weighted by Crippen LogP contribution is 2.26. The summed E-state index contributed by atoms with van der Waals surface area (Å²) in [4.78, 5) is 4.48. The minimum absolute atomic E-state index is 0.831. The molecule has 0 N–H and O–H groups in total. The molecular weight excluding hydrogens is 300 g/mol. The van der Waals surface area contributed by atoms with Crippen LogP contribution in [0.1, 0.15) is 5.56 Å². The van der Waals surface area contributed by atoms with Gasteiger partial charge in [0.1, 0.15) is 5.82 Å². The van der Waals surface area contributed by atoms with Crippen LogP contribution in [0.4, 0.5) is 0 Å². The standard InChI is InChI=1S/C16H13BrN2/c17-15-9-5-4-8-14(15)16-18-10-11-19(16)12-13-6-2-1-3-7-13/h1-11H,12H2. The summed E-state index contributed by atoms with van der Waals surface area (Å²) in [5, 5.41) is 0. The molecule has 0 fully saturated rings. The lowest BCUT2D eigenvalue weighted by molar-refractivity contribution is 0.807. The van der Waals surface area contributed by atoms with Crippen LogP contribution in [-0.4, -0.2) is 9.55 Å². The Balaban J connectivity index is 1.98. The minimum Gasteiger partial charge on any atom is -0.327 e. The third-order valence-corrected chi connectivity index (χ3v) is 3.72. The van der Waals surface area contributed by atoms with E-state index in [1.165, 1.54) is 5.56 Å². The summed E-state index contributed by atoms with van der Waals surface area (Å²) in [5.74, 6) is 0.983. The molecule has 0 bridgehead atoms. The van der Waals surface area contributed by atoms with Crippen LogP contribution in [0.15, 0.2) is 71.5 Å². The van der Waals surface area contributed by atoms with Gasteiger partial charge in [0.2, 0.25) is 0 Å². The van der Waals surface area contributed by atoms with Crippen molar-refractivity contribution in [2.75, 3.05) is 0 Å². The summed E-state index contributed by atoms with van der Waals surface area (Å²) in [6.07, 6.45) is 3.86. The molecule has 0 saturated carbocycles. The second kappa shape index (κ2) is 5.41. The van der Waals surface area contributed by atoms with Crippen LogP contribution in [0.3, 0.4) is 0 Å². The number of benzene rings is 2. The highest BCUT2D eigenvalue weighted by Gasteiger charge is 2.09. The third kappa shape index (κ3) is 2.61. The molecule has 0 aliphatic rings. The zero-order chi connectivity index (χ0) is 13.1. The van der Waals surface area contributed by atoms with E-state index in [4.69, 9.17) is 0 Å². The second-order valence-electron chi connectivity index (χ2n) is 4.34. The van der Waals surface area contributed by atoms with Gasteiger partial charge in [0.15, 0.2) is 0 Å². The average Bonchev–Trinajstić information content (AvgIpc) is 2.88. The van der Waals surface area contributed by atoms with Crippen LogP contribution in [0, 0.1) is 0 Å². The van der Waals surface area contributed by atoms with Crippen molar-refractivity contribution in [3.8, 4) is 11.4 Å². The zero-order valence-corrected chi connectivity index (χ0v) is 11.9. The summed E-state index contributed by atoms with van der Waals surface area (Å²) in [7, 11) is 0. The zero-order valence-electron chi connectivity index (χ0n) is 10.3. The van der Waals surface area contributed by atoms with Crippen molar-refractivity contribution in [3.05, 3.63) is 77.0 Å². The fraction of sp³-hybridized carbons (Fsp3) is 0.0625. The van der Waals surface area contributed by atoms with Crippen LogP contribution in [0.5, 0.6) is 0 Å². The molecule has 0 aliphatic heterocycles. The molecule has 0 amide bonds. The molecule has 0 aliphatic carbocycles. The number of hydrogen-bond donors (Lipinski definition) is 0. The summed E-state index contributed by atoms with van der Waals surface area (Å²) in [6, 6.07) is 18.6. The summed E-state index contributed by atoms with van der Waals surface area (Å²) >= 11 is 3.58. The van der Waals surface area contributed by atoms with Gasteiger partial charge in [-0.2, -0.15) is 0 Å². The van der Waals surface area contributed by atoms with Crippen LogP contribution in [-0.2, 0) is 6.54 Å². The number of rotatable bonds is 3. The Labute approximate surface area is 120 Å². The van der Waals surface area contributed by atoms with Gasteiger partial charge < -0.3 is 4.57 Å². The molecule has 19 heavy (non-hydrogen) atoms. The number of hydrogen-bond acceptors (Lipinski definition) is 1. The van der Waals surface area contributed by atoms with E-state index in [-0.39, 0.29) is 0 Å². The van der Waals surface area contributed by atoms with Crippen molar-refractivity contribution in [2.45, 2.75) is 6.54 Å². The third-order valence-electron chi connectivity index (χ3n) is 3.03. The van der Waals surface area contributed by atoms with Crippen molar-refractivity contribution in [1.82, 2.24) is 9.55 Å². The normalized spacial score (nSPS) is 10.6. The van der Waals surface area contributed by atoms with E-state index in [1.54, 1.807) is 0 Å². The van der Waals surface area contributed by atoms with Crippen molar-refractivity contribution in [1.29, 1.82) is 0 Å². The first-order chi connectivity index (χ1) is 9.34. The van der Waals surface area contributed by atoms with E-state index in [0.29, 0.717) is 0 Å². The van der Waals surface area contributed by atoms with Crippen LogP contribution in [0.25, 0.3) is 11.4 Å². The largest absolute Gasteiger partial charge is 0.327 e. The lowest BCUT2D eigenvalue weighted by Gasteiger charge is -2.09. The lowest BCUT2D eigenvalue weighted by Crippen LogP contribution is -2.01. The topological polar surface area (TPSA) is 17.8 Å². The monoisotopic (exact) mass is 312 g/mol. The molecule has 2 nitrogen and oxygen atoms in total. The Morgan fingerprint density at radius 2 is 1.68 bits per heavy atom. The van der Waals surface area contributed by atoms with E-state index in [2.05, 4.69) is 55.8 Å². The highest BCUT2D eigenvalue weighted by molar-refractivity contribution is 9.10. The number of nitrogens with zero attached hydrogens (tertiary/aromatic N) is 2. The maximum Gasteiger partial charge on any atom is 0.141 e. The van der Waals surface area contributed by atoms with Crippen molar-refractivity contribution >= 4 is 15.9 Å². The predicted octanol–water partition coefficient (Wildman–Crippen LogP) is 4.36. The Morgan fingerprint density at radius 3 is 2.47 bits per heavy atom. The Kier molecular flexibility index (Phi) is 3.47. The first-order valence-electron chi connectivity index (χ1n) is 6.14. The van der Waals surface area contributed by atoms with E-state index in [1.807, 2.05) is 36.7 Å². The van der Waals surface area contributed by atoms with Crippen LogP contribution < -0.4 is 0 Å². The lowest BCUT2D eigenvalue weighted by atomic mass is 10.2.